The Balaban J connectivity index is 3.78. The number of rotatable bonds is 4. The first-order valence-electron chi connectivity index (χ1n) is 7.40. The van der Waals surface area contributed by atoms with Gasteiger partial charge in [0.05, 0.1) is 0 Å². The molecule has 0 N–H and O–H groups in total. The molecule has 0 aromatic rings. The van der Waals surface area contributed by atoms with Crippen molar-refractivity contribution >= 4 is 7.28 Å². The van der Waals surface area contributed by atoms with Gasteiger partial charge in [0, 0.05) is 0 Å². The molecule has 1 fully saturated rings. The number of alkyl halides is 18. The maximum atomic E-state index is 13.0. The van der Waals surface area contributed by atoms with Gasteiger partial charge in [-0.3, -0.25) is 0 Å². The molecule has 1 saturated heterocycles. The van der Waals surface area contributed by atoms with Crippen LogP contribution in [0.15, 0.2) is 0 Å². The van der Waals surface area contributed by atoms with Crippen LogP contribution < -0.4 is 0 Å². The third-order valence-corrected chi connectivity index (χ3v) is 7.22. The number of hydrogen-bond acceptors (Lipinski definition) is 3. The van der Waals surface area contributed by atoms with Crippen molar-refractivity contribution in [3.8, 4) is 0 Å². The zero-order chi connectivity index (χ0) is 26.9. The summed E-state index contributed by atoms with van der Waals surface area (Å²) in [6, 6.07) is 0. The van der Waals surface area contributed by atoms with Crippen LogP contribution in [0.2, 0.25) is 0 Å². The Kier molecular flexibility index (Phi) is 6.86. The predicted octanol–water partition coefficient (Wildman–Crippen LogP) is 6.83. The van der Waals surface area contributed by atoms with Crippen molar-refractivity contribution in [3.63, 3.8) is 0 Å². The third kappa shape index (κ3) is 5.83. The van der Waals surface area contributed by atoms with Gasteiger partial charge >= 0.3 is 168 Å². The fourth-order valence-corrected chi connectivity index (χ4v) is 6.76. The Labute approximate surface area is 169 Å². The van der Waals surface area contributed by atoms with E-state index in [1.165, 1.54) is 0 Å². The second-order valence-electron chi connectivity index (χ2n) is 6.68. The zero-order valence-electron chi connectivity index (χ0n) is 14.8. The van der Waals surface area contributed by atoms with E-state index < -0.39 is 75.0 Å². The van der Waals surface area contributed by atoms with Crippen LogP contribution in [0.3, 0.4) is 0 Å². The van der Waals surface area contributed by atoms with Crippen molar-refractivity contribution in [3.05, 3.63) is 0 Å². The standard InChI is InChI=1S/C11H7F18O3P/c1-33(30-3(6(12,13)14)7(15,16)17,31-4(8(18,19)20)9(21,22)23)2-5(32-33,10(24,25)26)11(27,28)29/h3-4H,2H2,1H3. The summed E-state index contributed by atoms with van der Waals surface area (Å²) in [7, 11) is -7.79. The number of halogens is 18. The van der Waals surface area contributed by atoms with Crippen molar-refractivity contribution in [1.82, 2.24) is 0 Å². The Morgan fingerprint density at radius 2 is 0.788 bits per heavy atom. The Bertz CT molecular complexity index is 624. The van der Waals surface area contributed by atoms with Crippen LogP contribution in [0.5, 0.6) is 0 Å². The van der Waals surface area contributed by atoms with Crippen LogP contribution in [0, 0.1) is 0 Å². The summed E-state index contributed by atoms with van der Waals surface area (Å²) in [5.41, 5.74) is -5.80. The van der Waals surface area contributed by atoms with E-state index in [1.54, 1.807) is 0 Å². The van der Waals surface area contributed by atoms with Crippen molar-refractivity contribution in [2.24, 2.45) is 0 Å². The second-order valence-corrected chi connectivity index (χ2v) is 10.6. The minimum absolute atomic E-state index is 0.795. The molecule has 0 aromatic carbocycles. The molecule has 1 rings (SSSR count). The van der Waals surface area contributed by atoms with E-state index in [9.17, 15) is 79.0 Å². The molecular weight excluding hydrogens is 553 g/mol. The molecule has 33 heavy (non-hydrogen) atoms. The van der Waals surface area contributed by atoms with Crippen LogP contribution in [0.4, 0.5) is 79.0 Å². The first kappa shape index (κ1) is 30.1. The van der Waals surface area contributed by atoms with E-state index in [0.29, 0.717) is 0 Å². The normalized spacial score (nSPS) is 23.2. The predicted molar refractivity (Wildman–Crippen MR) is 67.6 cm³/mol. The Hall–Kier alpha value is -0.950. The molecule has 3 nitrogen and oxygen atoms in total. The van der Waals surface area contributed by atoms with Crippen LogP contribution in [0.25, 0.3) is 0 Å². The van der Waals surface area contributed by atoms with Gasteiger partial charge in [0.1, 0.15) is 0 Å². The van der Waals surface area contributed by atoms with Gasteiger partial charge in [0.15, 0.2) is 0 Å². The monoisotopic (exact) mass is 560 g/mol. The summed E-state index contributed by atoms with van der Waals surface area (Å²) in [5.74, 6) is 0. The fraction of sp³-hybridized carbons (Fsp3) is 1.00. The molecule has 0 spiro atoms. The molecule has 1 heterocycles. The molecule has 1 aliphatic heterocycles. The van der Waals surface area contributed by atoms with Crippen LogP contribution in [0.1, 0.15) is 0 Å². The molecule has 0 saturated carbocycles. The van der Waals surface area contributed by atoms with E-state index in [-0.39, 0.29) is 0 Å². The van der Waals surface area contributed by atoms with E-state index in [0.717, 1.165) is 0 Å². The molecule has 22 heteroatoms. The minimum atomic E-state index is -7.79. The topological polar surface area (TPSA) is 27.7 Å². The van der Waals surface area contributed by atoms with Gasteiger partial charge in [-0.05, 0) is 0 Å². The molecule has 0 aliphatic carbocycles. The van der Waals surface area contributed by atoms with E-state index in [2.05, 4.69) is 13.6 Å². The first-order valence-corrected chi connectivity index (χ1v) is 10.0. The van der Waals surface area contributed by atoms with E-state index >= 15 is 0 Å². The van der Waals surface area contributed by atoms with Gasteiger partial charge in [0.2, 0.25) is 0 Å². The third-order valence-electron chi connectivity index (χ3n) is 3.81. The van der Waals surface area contributed by atoms with Crippen molar-refractivity contribution in [1.29, 1.82) is 0 Å². The molecular formula is C11H7F18O3P. The van der Waals surface area contributed by atoms with Gasteiger partial charge in [-0.1, -0.05) is 0 Å². The maximum absolute atomic E-state index is 13.0. The number of hydrogen-bond donors (Lipinski definition) is 0. The fourth-order valence-electron chi connectivity index (χ4n) is 2.61. The second kappa shape index (κ2) is 7.52. The molecule has 0 amide bonds. The first-order chi connectivity index (χ1) is 13.9. The molecule has 0 atom stereocenters. The van der Waals surface area contributed by atoms with E-state index in [1.807, 2.05) is 0 Å². The molecule has 0 aromatic heterocycles. The van der Waals surface area contributed by atoms with Crippen molar-refractivity contribution in [2.75, 3.05) is 12.8 Å². The van der Waals surface area contributed by atoms with Gasteiger partial charge in [-0.25, -0.2) is 0 Å². The summed E-state index contributed by atoms with van der Waals surface area (Å²) < 4.78 is 240. The quantitative estimate of drug-likeness (QED) is 0.279. The van der Waals surface area contributed by atoms with E-state index in [4.69, 9.17) is 0 Å². The van der Waals surface area contributed by atoms with Crippen LogP contribution in [-0.4, -0.2) is 67.7 Å². The molecule has 0 radical (unpaired) electrons. The van der Waals surface area contributed by atoms with Gasteiger partial charge in [-0.15, -0.1) is 0 Å². The summed E-state index contributed by atoms with van der Waals surface area (Å²) >= 11 is 0. The Morgan fingerprint density at radius 3 is 0.939 bits per heavy atom. The zero-order valence-corrected chi connectivity index (χ0v) is 15.7. The molecule has 1 aliphatic rings. The Morgan fingerprint density at radius 1 is 0.576 bits per heavy atom. The summed E-state index contributed by atoms with van der Waals surface area (Å²) in [6.45, 7) is -0.795. The van der Waals surface area contributed by atoms with Gasteiger partial charge < -0.3 is 0 Å². The summed E-state index contributed by atoms with van der Waals surface area (Å²) in [4.78, 5) is 0. The summed E-state index contributed by atoms with van der Waals surface area (Å²) in [5, 5.41) is 0. The molecule has 200 valence electrons. The summed E-state index contributed by atoms with van der Waals surface area (Å²) in [6.07, 6.45) is -55.2. The van der Waals surface area contributed by atoms with Crippen molar-refractivity contribution in [2.45, 2.75) is 54.9 Å². The average molecular weight is 560 g/mol. The molecule has 0 unspecified atom stereocenters. The van der Waals surface area contributed by atoms with Gasteiger partial charge in [0.25, 0.3) is 0 Å². The van der Waals surface area contributed by atoms with Crippen LogP contribution in [-0.2, 0) is 13.6 Å². The molecule has 0 bridgehead atoms. The average Bonchev–Trinajstić information content (AvgIpc) is 2.41. The SMILES string of the molecule is CP1(OC(C(F)(F)F)C(F)(F)F)(OC(C(F)(F)F)C(F)(F)F)CC(C(F)(F)F)(C(F)(F)F)O1. The van der Waals surface area contributed by atoms with Gasteiger partial charge in [-0.2, -0.15) is 0 Å². The van der Waals surface area contributed by atoms with Crippen molar-refractivity contribution < 1.29 is 92.6 Å². The van der Waals surface area contributed by atoms with Crippen LogP contribution >= 0.6 is 7.28 Å².